The van der Waals surface area contributed by atoms with Crippen molar-refractivity contribution < 1.29 is 9.21 Å². The highest BCUT2D eigenvalue weighted by Gasteiger charge is 2.17. The molecule has 0 aliphatic rings. The van der Waals surface area contributed by atoms with Crippen LogP contribution in [0.2, 0.25) is 0 Å². The van der Waals surface area contributed by atoms with Gasteiger partial charge in [0.2, 0.25) is 0 Å². The third kappa shape index (κ3) is 2.76. The predicted molar refractivity (Wildman–Crippen MR) is 69.2 cm³/mol. The number of rotatable bonds is 3. The van der Waals surface area contributed by atoms with Gasteiger partial charge < -0.3 is 4.42 Å². The number of para-hydroxylation sites is 1. The highest BCUT2D eigenvalue weighted by Crippen LogP contribution is 2.26. The van der Waals surface area contributed by atoms with Gasteiger partial charge in [-0.05, 0) is 17.9 Å². The van der Waals surface area contributed by atoms with Crippen LogP contribution >= 0.6 is 0 Å². The van der Waals surface area contributed by atoms with Crippen molar-refractivity contribution in [3.8, 4) is 0 Å². The van der Waals surface area contributed by atoms with Crippen LogP contribution in [0.3, 0.4) is 0 Å². The Morgan fingerprint density at radius 1 is 1.24 bits per heavy atom. The minimum absolute atomic E-state index is 0.171. The van der Waals surface area contributed by atoms with Crippen LogP contribution < -0.4 is 0 Å². The molecule has 0 saturated carbocycles. The van der Waals surface area contributed by atoms with Crippen molar-refractivity contribution in [2.24, 2.45) is 5.41 Å². The number of Topliss-reactive ketones (excluding diaryl/α,β-unsaturated/α-hetero) is 1. The molecule has 0 atom stereocenters. The monoisotopic (exact) mass is 230 g/mol. The van der Waals surface area contributed by atoms with E-state index >= 15 is 0 Å². The van der Waals surface area contributed by atoms with E-state index in [1.54, 1.807) is 6.26 Å². The molecule has 1 aromatic carbocycles. The molecule has 0 saturated heterocycles. The summed E-state index contributed by atoms with van der Waals surface area (Å²) >= 11 is 0. The average molecular weight is 230 g/mol. The zero-order valence-electron chi connectivity index (χ0n) is 10.6. The molecule has 0 unspecified atom stereocenters. The van der Waals surface area contributed by atoms with E-state index in [-0.39, 0.29) is 11.2 Å². The summed E-state index contributed by atoms with van der Waals surface area (Å²) in [5.74, 6) is 0.171. The van der Waals surface area contributed by atoms with Crippen molar-refractivity contribution in [1.82, 2.24) is 0 Å². The molecular weight excluding hydrogens is 212 g/mol. The van der Waals surface area contributed by atoms with Gasteiger partial charge in [-0.3, -0.25) is 4.79 Å². The van der Waals surface area contributed by atoms with Gasteiger partial charge in [-0.1, -0.05) is 39.0 Å². The summed E-state index contributed by atoms with van der Waals surface area (Å²) in [5.41, 5.74) is 1.69. The summed E-state index contributed by atoms with van der Waals surface area (Å²) < 4.78 is 5.38. The summed E-state index contributed by atoms with van der Waals surface area (Å²) in [4.78, 5) is 12.1. The lowest BCUT2D eigenvalue weighted by Gasteiger charge is -2.16. The van der Waals surface area contributed by atoms with Crippen LogP contribution in [0.1, 0.15) is 44.0 Å². The lowest BCUT2D eigenvalue weighted by molar-refractivity contribution is 0.0966. The van der Waals surface area contributed by atoms with E-state index in [1.807, 2.05) is 24.3 Å². The minimum atomic E-state index is 0.171. The average Bonchev–Trinajstić information content (AvgIpc) is 2.68. The molecule has 0 aliphatic heterocycles. The van der Waals surface area contributed by atoms with Gasteiger partial charge in [-0.2, -0.15) is 0 Å². The summed E-state index contributed by atoms with van der Waals surface area (Å²) in [7, 11) is 0. The van der Waals surface area contributed by atoms with E-state index in [0.717, 1.165) is 17.4 Å². The molecule has 0 N–H and O–H groups in total. The van der Waals surface area contributed by atoms with Crippen molar-refractivity contribution in [3.05, 3.63) is 36.1 Å². The van der Waals surface area contributed by atoms with E-state index in [1.165, 1.54) is 0 Å². The maximum Gasteiger partial charge on any atom is 0.166 e. The molecular formula is C15H18O2. The van der Waals surface area contributed by atoms with Gasteiger partial charge in [-0.25, -0.2) is 0 Å². The third-order valence-electron chi connectivity index (χ3n) is 2.88. The zero-order valence-corrected chi connectivity index (χ0v) is 10.6. The summed E-state index contributed by atoms with van der Waals surface area (Å²) in [5, 5.41) is 0.923. The molecule has 0 spiro atoms. The maximum atomic E-state index is 12.1. The second-order valence-electron chi connectivity index (χ2n) is 5.63. The summed E-state index contributed by atoms with van der Waals surface area (Å²) in [6.45, 7) is 6.44. The van der Waals surface area contributed by atoms with Gasteiger partial charge in [0.15, 0.2) is 5.78 Å². The van der Waals surface area contributed by atoms with E-state index in [2.05, 4.69) is 20.8 Å². The number of furan rings is 1. The van der Waals surface area contributed by atoms with Crippen molar-refractivity contribution in [2.45, 2.75) is 33.6 Å². The molecule has 0 amide bonds. The summed E-state index contributed by atoms with van der Waals surface area (Å²) in [6.07, 6.45) is 3.05. The molecule has 0 radical (unpaired) electrons. The Morgan fingerprint density at radius 3 is 2.65 bits per heavy atom. The first-order valence-corrected chi connectivity index (χ1v) is 5.97. The Bertz CT molecular complexity index is 529. The molecule has 90 valence electrons. The summed E-state index contributed by atoms with van der Waals surface area (Å²) in [6, 6.07) is 7.66. The highest BCUT2D eigenvalue weighted by atomic mass is 16.3. The highest BCUT2D eigenvalue weighted by molar-refractivity contribution is 6.07. The van der Waals surface area contributed by atoms with Gasteiger partial charge in [0.05, 0.1) is 5.56 Å². The van der Waals surface area contributed by atoms with Crippen molar-refractivity contribution in [3.63, 3.8) is 0 Å². The molecule has 2 nitrogen and oxygen atoms in total. The fourth-order valence-electron chi connectivity index (χ4n) is 1.82. The number of carbonyl (C=O) groups excluding carboxylic acids is 1. The lowest BCUT2D eigenvalue weighted by atomic mass is 9.88. The van der Waals surface area contributed by atoms with Crippen LogP contribution in [0.25, 0.3) is 11.0 Å². The maximum absolute atomic E-state index is 12.1. The standard InChI is InChI=1S/C15H18O2/c1-15(2,3)9-8-13(16)12-10-17-14-7-5-4-6-11(12)14/h4-7,10H,8-9H2,1-3H3. The van der Waals surface area contributed by atoms with Crippen molar-refractivity contribution in [1.29, 1.82) is 0 Å². The Labute approximate surface area is 102 Å². The van der Waals surface area contributed by atoms with Gasteiger partial charge in [0, 0.05) is 11.8 Å². The first-order chi connectivity index (χ1) is 7.97. The van der Waals surface area contributed by atoms with Crippen LogP contribution in [0.5, 0.6) is 0 Å². The molecule has 17 heavy (non-hydrogen) atoms. The van der Waals surface area contributed by atoms with Crippen LogP contribution in [-0.2, 0) is 0 Å². The van der Waals surface area contributed by atoms with Crippen LogP contribution in [-0.4, -0.2) is 5.78 Å². The number of fused-ring (bicyclic) bond motifs is 1. The first-order valence-electron chi connectivity index (χ1n) is 5.97. The Hall–Kier alpha value is -1.57. The zero-order chi connectivity index (χ0) is 12.5. The topological polar surface area (TPSA) is 30.2 Å². The van der Waals surface area contributed by atoms with Crippen LogP contribution in [0.15, 0.2) is 34.9 Å². The molecule has 2 rings (SSSR count). The van der Waals surface area contributed by atoms with Gasteiger partial charge in [0.1, 0.15) is 11.8 Å². The van der Waals surface area contributed by atoms with Gasteiger partial charge >= 0.3 is 0 Å². The largest absolute Gasteiger partial charge is 0.464 e. The smallest absolute Gasteiger partial charge is 0.166 e. The Kier molecular flexibility index (Phi) is 3.05. The lowest BCUT2D eigenvalue weighted by Crippen LogP contribution is -2.08. The number of carbonyl (C=O) groups is 1. The van der Waals surface area contributed by atoms with E-state index < -0.39 is 0 Å². The molecule has 1 aromatic heterocycles. The molecule has 0 aliphatic carbocycles. The molecule has 2 heteroatoms. The van der Waals surface area contributed by atoms with Gasteiger partial charge in [0.25, 0.3) is 0 Å². The van der Waals surface area contributed by atoms with Crippen molar-refractivity contribution in [2.75, 3.05) is 0 Å². The fourth-order valence-corrected chi connectivity index (χ4v) is 1.82. The number of hydrogen-bond donors (Lipinski definition) is 0. The van der Waals surface area contributed by atoms with E-state index in [4.69, 9.17) is 4.42 Å². The predicted octanol–water partition coefficient (Wildman–Crippen LogP) is 4.44. The van der Waals surface area contributed by atoms with E-state index in [0.29, 0.717) is 12.0 Å². The van der Waals surface area contributed by atoms with E-state index in [9.17, 15) is 4.79 Å². The molecule has 0 fully saturated rings. The number of ketones is 1. The minimum Gasteiger partial charge on any atom is -0.464 e. The third-order valence-corrected chi connectivity index (χ3v) is 2.88. The second-order valence-corrected chi connectivity index (χ2v) is 5.63. The van der Waals surface area contributed by atoms with Crippen LogP contribution in [0, 0.1) is 5.41 Å². The molecule has 1 heterocycles. The Balaban J connectivity index is 2.20. The molecule has 2 aromatic rings. The fraction of sp³-hybridized carbons (Fsp3) is 0.400. The number of benzene rings is 1. The van der Waals surface area contributed by atoms with Gasteiger partial charge in [-0.15, -0.1) is 0 Å². The quantitative estimate of drug-likeness (QED) is 0.729. The molecule has 0 bridgehead atoms. The first kappa shape index (κ1) is 11.9. The van der Waals surface area contributed by atoms with Crippen LogP contribution in [0.4, 0.5) is 0 Å². The Morgan fingerprint density at radius 2 is 1.94 bits per heavy atom. The number of hydrogen-bond acceptors (Lipinski definition) is 2. The normalized spacial score (nSPS) is 11.9. The SMILES string of the molecule is CC(C)(C)CCC(=O)c1coc2ccccc12. The van der Waals surface area contributed by atoms with Crippen molar-refractivity contribution >= 4 is 16.8 Å². The second kappa shape index (κ2) is 4.36.